The summed E-state index contributed by atoms with van der Waals surface area (Å²) in [5.74, 6) is -5.28. The van der Waals surface area contributed by atoms with Crippen LogP contribution in [0.3, 0.4) is 0 Å². The monoisotopic (exact) mass is 269 g/mol. The van der Waals surface area contributed by atoms with E-state index in [0.717, 1.165) is 0 Å². The van der Waals surface area contributed by atoms with Crippen molar-refractivity contribution in [3.8, 4) is 0 Å². The first-order chi connectivity index (χ1) is 7.93. The van der Waals surface area contributed by atoms with Crippen LogP contribution in [0.5, 0.6) is 0 Å². The molecule has 0 heterocycles. The summed E-state index contributed by atoms with van der Waals surface area (Å²) in [6.45, 7) is 4.65. The van der Waals surface area contributed by atoms with Gasteiger partial charge in [-0.05, 0) is 20.8 Å². The number of carbonyl (C=O) groups excluding carboxylic acids is 1. The number of carboxylic acids is 1. The van der Waals surface area contributed by atoms with Crippen molar-refractivity contribution < 1.29 is 32.6 Å². The van der Waals surface area contributed by atoms with Crippen molar-refractivity contribution in [2.45, 2.75) is 38.6 Å². The van der Waals surface area contributed by atoms with E-state index >= 15 is 0 Å². The predicted octanol–water partition coefficient (Wildman–Crippen LogP) is 1.77. The third kappa shape index (κ3) is 3.51. The molecular formula is C10H14F3NO4. The van der Waals surface area contributed by atoms with Crippen LogP contribution in [0.1, 0.15) is 20.8 Å². The zero-order chi connectivity index (χ0) is 14.3. The highest BCUT2D eigenvalue weighted by Crippen LogP contribution is 2.50. The molecule has 2 N–H and O–H groups in total. The number of aliphatic carboxylic acids is 1. The highest BCUT2D eigenvalue weighted by molar-refractivity contribution is 5.78. The van der Waals surface area contributed by atoms with Gasteiger partial charge in [0, 0.05) is 0 Å². The number of carboxylic acid groups (broad SMARTS) is 1. The summed E-state index contributed by atoms with van der Waals surface area (Å²) in [4.78, 5) is 21.9. The molecule has 1 amide bonds. The van der Waals surface area contributed by atoms with Crippen LogP contribution < -0.4 is 5.32 Å². The van der Waals surface area contributed by atoms with E-state index in [0.29, 0.717) is 0 Å². The maximum atomic E-state index is 12.4. The lowest BCUT2D eigenvalue weighted by atomic mass is 10.2. The molecule has 1 rings (SSSR count). The number of ether oxygens (including phenoxy) is 1. The Balaban J connectivity index is 2.63. The molecule has 3 atom stereocenters. The molecule has 1 aliphatic carbocycles. The maximum absolute atomic E-state index is 12.4. The fourth-order valence-electron chi connectivity index (χ4n) is 1.65. The number of nitrogens with one attached hydrogen (secondary N) is 1. The minimum atomic E-state index is -4.65. The number of alkyl carbamates (subject to hydrolysis) is 1. The van der Waals surface area contributed by atoms with Crippen molar-refractivity contribution in [1.82, 2.24) is 5.32 Å². The molecular weight excluding hydrogens is 255 g/mol. The van der Waals surface area contributed by atoms with Crippen LogP contribution in [0.2, 0.25) is 0 Å². The van der Waals surface area contributed by atoms with Crippen LogP contribution in [0.15, 0.2) is 0 Å². The van der Waals surface area contributed by atoms with Crippen molar-refractivity contribution in [3.63, 3.8) is 0 Å². The largest absolute Gasteiger partial charge is 0.481 e. The molecule has 0 aliphatic heterocycles. The number of carbonyl (C=O) groups is 2. The van der Waals surface area contributed by atoms with E-state index in [2.05, 4.69) is 0 Å². The Morgan fingerprint density at radius 1 is 1.22 bits per heavy atom. The smallest absolute Gasteiger partial charge is 0.407 e. The summed E-state index contributed by atoms with van der Waals surface area (Å²) < 4.78 is 42.1. The number of rotatable bonds is 2. The van der Waals surface area contributed by atoms with Crippen molar-refractivity contribution in [2.75, 3.05) is 0 Å². The molecule has 8 heteroatoms. The van der Waals surface area contributed by atoms with Crippen molar-refractivity contribution in [3.05, 3.63) is 0 Å². The van der Waals surface area contributed by atoms with Crippen molar-refractivity contribution >= 4 is 12.1 Å². The number of halogens is 3. The van der Waals surface area contributed by atoms with E-state index in [1.54, 1.807) is 20.8 Å². The van der Waals surface area contributed by atoms with Gasteiger partial charge >= 0.3 is 18.2 Å². The normalized spacial score (nSPS) is 27.6. The van der Waals surface area contributed by atoms with Crippen LogP contribution in [0, 0.1) is 11.8 Å². The van der Waals surface area contributed by atoms with Gasteiger partial charge in [-0.2, -0.15) is 13.2 Å². The Morgan fingerprint density at radius 3 is 2.00 bits per heavy atom. The third-order valence-corrected chi connectivity index (χ3v) is 2.37. The lowest BCUT2D eigenvalue weighted by molar-refractivity contribution is -0.160. The first-order valence-electron chi connectivity index (χ1n) is 5.22. The van der Waals surface area contributed by atoms with E-state index in [1.165, 1.54) is 0 Å². The molecule has 5 nitrogen and oxygen atoms in total. The first kappa shape index (κ1) is 14.6. The van der Waals surface area contributed by atoms with Crippen molar-refractivity contribution in [2.24, 2.45) is 11.8 Å². The lowest BCUT2D eigenvalue weighted by Crippen LogP contribution is -2.36. The highest BCUT2D eigenvalue weighted by Gasteiger charge is 2.68. The van der Waals surface area contributed by atoms with Crippen LogP contribution in [0.25, 0.3) is 0 Å². The Hall–Kier alpha value is -1.47. The van der Waals surface area contributed by atoms with E-state index < -0.39 is 41.7 Å². The summed E-state index contributed by atoms with van der Waals surface area (Å²) in [6, 6.07) is -1.46. The Labute approximate surface area is 101 Å². The highest BCUT2D eigenvalue weighted by atomic mass is 19.4. The Kier molecular flexibility index (Phi) is 3.51. The van der Waals surface area contributed by atoms with Gasteiger partial charge in [0.1, 0.15) is 5.60 Å². The third-order valence-electron chi connectivity index (χ3n) is 2.37. The molecule has 104 valence electrons. The Morgan fingerprint density at radius 2 is 1.72 bits per heavy atom. The predicted molar refractivity (Wildman–Crippen MR) is 53.8 cm³/mol. The topological polar surface area (TPSA) is 75.6 Å². The van der Waals surface area contributed by atoms with E-state index in [-0.39, 0.29) is 0 Å². The van der Waals surface area contributed by atoms with Gasteiger partial charge in [0.15, 0.2) is 0 Å². The molecule has 1 fully saturated rings. The molecule has 0 radical (unpaired) electrons. The zero-order valence-corrected chi connectivity index (χ0v) is 10.0. The van der Waals surface area contributed by atoms with Gasteiger partial charge in [0.05, 0.1) is 17.9 Å². The van der Waals surface area contributed by atoms with Gasteiger partial charge in [-0.15, -0.1) is 0 Å². The second kappa shape index (κ2) is 4.33. The molecule has 1 saturated carbocycles. The number of alkyl halides is 3. The van der Waals surface area contributed by atoms with Gasteiger partial charge in [-0.3, -0.25) is 4.79 Å². The molecule has 0 aromatic heterocycles. The Bertz CT molecular complexity index is 361. The summed E-state index contributed by atoms with van der Waals surface area (Å²) in [7, 11) is 0. The van der Waals surface area contributed by atoms with Gasteiger partial charge in [-0.1, -0.05) is 0 Å². The van der Waals surface area contributed by atoms with Gasteiger partial charge in [-0.25, -0.2) is 4.79 Å². The summed E-state index contributed by atoms with van der Waals surface area (Å²) in [6.07, 6.45) is -5.70. The second-order valence-electron chi connectivity index (χ2n) is 5.10. The fraction of sp³-hybridized carbons (Fsp3) is 0.800. The molecule has 0 saturated heterocycles. The molecule has 1 aliphatic rings. The lowest BCUT2D eigenvalue weighted by Gasteiger charge is -2.19. The molecule has 0 spiro atoms. The molecule has 0 aromatic rings. The SMILES string of the molecule is CC(C)(C)OC(=O)N[C@@H]1[C@@H](C(=O)O)[C@@H]1C(F)(F)F. The fourth-order valence-corrected chi connectivity index (χ4v) is 1.65. The standard InChI is InChI=1S/C10H14F3NO4/c1-9(2,3)18-8(17)14-6-4(7(15)16)5(6)10(11,12)13/h4-6H,1-3H3,(H,14,17)(H,15,16)/t4-,5-,6+/m0/s1. The van der Waals surface area contributed by atoms with Crippen LogP contribution in [-0.2, 0) is 9.53 Å². The van der Waals surface area contributed by atoms with Gasteiger partial charge in [0.25, 0.3) is 0 Å². The van der Waals surface area contributed by atoms with Crippen LogP contribution >= 0.6 is 0 Å². The maximum Gasteiger partial charge on any atom is 0.407 e. The minimum absolute atomic E-state index is 0.856. The summed E-state index contributed by atoms with van der Waals surface area (Å²) in [5.41, 5.74) is -0.856. The second-order valence-corrected chi connectivity index (χ2v) is 5.10. The zero-order valence-electron chi connectivity index (χ0n) is 10.0. The molecule has 0 unspecified atom stereocenters. The molecule has 0 aromatic carbocycles. The van der Waals surface area contributed by atoms with E-state index in [1.807, 2.05) is 5.32 Å². The molecule has 0 bridgehead atoms. The van der Waals surface area contributed by atoms with E-state index in [4.69, 9.17) is 9.84 Å². The number of hydrogen-bond acceptors (Lipinski definition) is 3. The quantitative estimate of drug-likeness (QED) is 0.801. The summed E-state index contributed by atoms with van der Waals surface area (Å²) in [5, 5.41) is 10.5. The van der Waals surface area contributed by atoms with Crippen LogP contribution in [-0.4, -0.2) is 35.0 Å². The van der Waals surface area contributed by atoms with Gasteiger partial charge < -0.3 is 15.2 Å². The minimum Gasteiger partial charge on any atom is -0.481 e. The van der Waals surface area contributed by atoms with Gasteiger partial charge in [0.2, 0.25) is 0 Å². The van der Waals surface area contributed by atoms with Crippen molar-refractivity contribution in [1.29, 1.82) is 0 Å². The number of amides is 1. The first-order valence-corrected chi connectivity index (χ1v) is 5.22. The average molecular weight is 269 g/mol. The average Bonchev–Trinajstić information content (AvgIpc) is 2.73. The van der Waals surface area contributed by atoms with E-state index in [9.17, 15) is 22.8 Å². The summed E-state index contributed by atoms with van der Waals surface area (Å²) >= 11 is 0. The number of hydrogen-bond donors (Lipinski definition) is 2. The van der Waals surface area contributed by atoms with Crippen LogP contribution in [0.4, 0.5) is 18.0 Å². The molecule has 18 heavy (non-hydrogen) atoms.